The minimum atomic E-state index is -0.757. The zero-order chi connectivity index (χ0) is 8.27. The van der Waals surface area contributed by atoms with Gasteiger partial charge in [0, 0.05) is 12.6 Å². The van der Waals surface area contributed by atoms with E-state index in [0.29, 0.717) is 13.2 Å². The molecule has 0 aromatic heterocycles. The predicted octanol–water partition coefficient (Wildman–Crippen LogP) is -0.208. The van der Waals surface area contributed by atoms with Crippen LogP contribution in [0.1, 0.15) is 6.42 Å². The van der Waals surface area contributed by atoms with E-state index in [9.17, 15) is 4.79 Å². The fourth-order valence-electron chi connectivity index (χ4n) is 1.15. The van der Waals surface area contributed by atoms with Gasteiger partial charge in [0.25, 0.3) is 0 Å². The lowest BCUT2D eigenvalue weighted by Crippen LogP contribution is -2.43. The van der Waals surface area contributed by atoms with Gasteiger partial charge in [0.05, 0.1) is 19.6 Å². The summed E-state index contributed by atoms with van der Waals surface area (Å²) in [6, 6.07) is 0.0567. The first-order valence-corrected chi connectivity index (χ1v) is 3.70. The van der Waals surface area contributed by atoms with E-state index in [1.807, 2.05) is 11.9 Å². The highest BCUT2D eigenvalue weighted by Gasteiger charge is 2.21. The molecule has 1 fully saturated rings. The second-order valence-corrected chi connectivity index (χ2v) is 2.81. The SMILES string of the molecule is CN1CCOCC1CC(=O)O. The van der Waals surface area contributed by atoms with Crippen molar-refractivity contribution >= 4 is 5.97 Å². The average molecular weight is 159 g/mol. The Labute approximate surface area is 65.8 Å². The maximum atomic E-state index is 10.3. The molecule has 1 saturated heterocycles. The van der Waals surface area contributed by atoms with Gasteiger partial charge < -0.3 is 9.84 Å². The molecule has 0 aliphatic carbocycles. The smallest absolute Gasteiger partial charge is 0.305 e. The Morgan fingerprint density at radius 3 is 3.09 bits per heavy atom. The molecule has 0 amide bonds. The van der Waals surface area contributed by atoms with Crippen molar-refractivity contribution in [3.8, 4) is 0 Å². The van der Waals surface area contributed by atoms with E-state index in [0.717, 1.165) is 6.54 Å². The number of carboxylic acid groups (broad SMARTS) is 1. The molecule has 1 aliphatic heterocycles. The zero-order valence-electron chi connectivity index (χ0n) is 6.62. The van der Waals surface area contributed by atoms with Gasteiger partial charge in [-0.2, -0.15) is 0 Å². The van der Waals surface area contributed by atoms with E-state index in [1.165, 1.54) is 0 Å². The van der Waals surface area contributed by atoms with E-state index in [2.05, 4.69) is 0 Å². The average Bonchev–Trinajstić information content (AvgIpc) is 1.93. The van der Waals surface area contributed by atoms with Crippen LogP contribution in [0.2, 0.25) is 0 Å². The number of nitrogens with zero attached hydrogens (tertiary/aromatic N) is 1. The van der Waals surface area contributed by atoms with Gasteiger partial charge in [-0.3, -0.25) is 9.69 Å². The second-order valence-electron chi connectivity index (χ2n) is 2.81. The number of hydrogen-bond acceptors (Lipinski definition) is 3. The Morgan fingerprint density at radius 2 is 2.55 bits per heavy atom. The maximum Gasteiger partial charge on any atom is 0.305 e. The molecule has 11 heavy (non-hydrogen) atoms. The molecule has 1 atom stereocenters. The molecule has 0 aromatic carbocycles. The molecule has 1 unspecified atom stereocenters. The van der Waals surface area contributed by atoms with Crippen molar-refractivity contribution in [2.45, 2.75) is 12.5 Å². The summed E-state index contributed by atoms with van der Waals surface area (Å²) >= 11 is 0. The zero-order valence-corrected chi connectivity index (χ0v) is 6.62. The number of carboxylic acids is 1. The van der Waals surface area contributed by atoms with Gasteiger partial charge >= 0.3 is 5.97 Å². The van der Waals surface area contributed by atoms with Crippen molar-refractivity contribution in [3.63, 3.8) is 0 Å². The van der Waals surface area contributed by atoms with Crippen LogP contribution in [0.5, 0.6) is 0 Å². The van der Waals surface area contributed by atoms with Crippen molar-refractivity contribution in [3.05, 3.63) is 0 Å². The third-order valence-corrected chi connectivity index (χ3v) is 1.93. The second kappa shape index (κ2) is 3.69. The van der Waals surface area contributed by atoms with Gasteiger partial charge in [-0.1, -0.05) is 0 Å². The van der Waals surface area contributed by atoms with Gasteiger partial charge in [0.2, 0.25) is 0 Å². The first kappa shape index (κ1) is 8.49. The highest BCUT2D eigenvalue weighted by Crippen LogP contribution is 2.07. The topological polar surface area (TPSA) is 49.8 Å². The van der Waals surface area contributed by atoms with Gasteiger partial charge in [0.1, 0.15) is 0 Å². The lowest BCUT2D eigenvalue weighted by molar-refractivity contribution is -0.139. The molecule has 0 bridgehead atoms. The highest BCUT2D eigenvalue weighted by molar-refractivity contribution is 5.67. The van der Waals surface area contributed by atoms with Crippen molar-refractivity contribution in [1.82, 2.24) is 4.90 Å². The summed E-state index contributed by atoms with van der Waals surface area (Å²) in [6.07, 6.45) is 0.177. The van der Waals surface area contributed by atoms with Crippen LogP contribution in [-0.4, -0.2) is 48.8 Å². The Balaban J connectivity index is 2.35. The van der Waals surface area contributed by atoms with Gasteiger partial charge in [0.15, 0.2) is 0 Å². The molecular weight excluding hydrogens is 146 g/mol. The minimum absolute atomic E-state index is 0.0567. The summed E-state index contributed by atoms with van der Waals surface area (Å²) in [5, 5.41) is 8.50. The standard InChI is InChI=1S/C7H13NO3/c1-8-2-3-11-5-6(8)4-7(9)10/h6H,2-5H2,1H3,(H,9,10). The highest BCUT2D eigenvalue weighted by atomic mass is 16.5. The fraction of sp³-hybridized carbons (Fsp3) is 0.857. The number of rotatable bonds is 2. The van der Waals surface area contributed by atoms with Crippen molar-refractivity contribution in [2.75, 3.05) is 26.8 Å². The molecule has 4 heteroatoms. The summed E-state index contributed by atoms with van der Waals surface area (Å²) in [6.45, 7) is 2.09. The Kier molecular flexibility index (Phi) is 2.84. The third-order valence-electron chi connectivity index (χ3n) is 1.93. The fourth-order valence-corrected chi connectivity index (χ4v) is 1.15. The summed E-state index contributed by atoms with van der Waals surface area (Å²) in [4.78, 5) is 12.4. The number of carbonyl (C=O) groups is 1. The van der Waals surface area contributed by atoms with Crippen molar-refractivity contribution in [2.24, 2.45) is 0 Å². The molecular formula is C7H13NO3. The van der Waals surface area contributed by atoms with Gasteiger partial charge in [-0.05, 0) is 7.05 Å². The van der Waals surface area contributed by atoms with Crippen LogP contribution < -0.4 is 0 Å². The van der Waals surface area contributed by atoms with Gasteiger partial charge in [-0.25, -0.2) is 0 Å². The minimum Gasteiger partial charge on any atom is -0.481 e. The molecule has 4 nitrogen and oxygen atoms in total. The lowest BCUT2D eigenvalue weighted by atomic mass is 10.2. The first-order valence-electron chi connectivity index (χ1n) is 3.70. The molecule has 1 N–H and O–H groups in total. The van der Waals surface area contributed by atoms with Crippen LogP contribution in [0.4, 0.5) is 0 Å². The summed E-state index contributed by atoms with van der Waals surface area (Å²) in [7, 11) is 1.93. The Bertz CT molecular complexity index is 149. The number of likely N-dealkylation sites (N-methyl/N-ethyl adjacent to an activating group) is 1. The molecule has 0 spiro atoms. The van der Waals surface area contributed by atoms with E-state index < -0.39 is 5.97 Å². The van der Waals surface area contributed by atoms with Crippen molar-refractivity contribution in [1.29, 1.82) is 0 Å². The summed E-state index contributed by atoms with van der Waals surface area (Å²) in [5.74, 6) is -0.757. The van der Waals surface area contributed by atoms with Crippen LogP contribution in [0, 0.1) is 0 Å². The Morgan fingerprint density at radius 1 is 1.82 bits per heavy atom. The lowest BCUT2D eigenvalue weighted by Gasteiger charge is -2.31. The molecule has 0 radical (unpaired) electrons. The van der Waals surface area contributed by atoms with E-state index in [4.69, 9.17) is 9.84 Å². The largest absolute Gasteiger partial charge is 0.481 e. The quantitative estimate of drug-likeness (QED) is 0.605. The van der Waals surface area contributed by atoms with Gasteiger partial charge in [-0.15, -0.1) is 0 Å². The third kappa shape index (κ3) is 2.48. The van der Waals surface area contributed by atoms with Crippen LogP contribution in [0.15, 0.2) is 0 Å². The normalized spacial score (nSPS) is 26.8. The molecule has 64 valence electrons. The number of ether oxygens (including phenoxy) is 1. The van der Waals surface area contributed by atoms with E-state index >= 15 is 0 Å². The van der Waals surface area contributed by atoms with Crippen LogP contribution in [0.3, 0.4) is 0 Å². The molecule has 1 rings (SSSR count). The molecule has 1 heterocycles. The Hall–Kier alpha value is -0.610. The maximum absolute atomic E-state index is 10.3. The molecule has 1 aliphatic rings. The van der Waals surface area contributed by atoms with Crippen LogP contribution in [-0.2, 0) is 9.53 Å². The number of hydrogen-bond donors (Lipinski definition) is 1. The van der Waals surface area contributed by atoms with Crippen LogP contribution >= 0.6 is 0 Å². The molecule has 0 saturated carbocycles. The van der Waals surface area contributed by atoms with E-state index in [-0.39, 0.29) is 12.5 Å². The number of aliphatic carboxylic acids is 1. The monoisotopic (exact) mass is 159 g/mol. The summed E-state index contributed by atoms with van der Waals surface area (Å²) in [5.41, 5.74) is 0. The van der Waals surface area contributed by atoms with E-state index in [1.54, 1.807) is 0 Å². The number of morpholine rings is 1. The predicted molar refractivity (Wildman–Crippen MR) is 39.5 cm³/mol. The first-order chi connectivity index (χ1) is 5.20. The molecule has 0 aromatic rings. The summed E-state index contributed by atoms with van der Waals surface area (Å²) < 4.78 is 5.15. The van der Waals surface area contributed by atoms with Crippen molar-refractivity contribution < 1.29 is 14.6 Å². The van der Waals surface area contributed by atoms with Crippen LogP contribution in [0.25, 0.3) is 0 Å².